The van der Waals surface area contributed by atoms with Crippen molar-refractivity contribution in [3.63, 3.8) is 0 Å². The van der Waals surface area contributed by atoms with Gasteiger partial charge in [-0.2, -0.15) is 0 Å². The predicted octanol–water partition coefficient (Wildman–Crippen LogP) is 1.19. The Hall–Kier alpha value is -1.11. The highest BCUT2D eigenvalue weighted by molar-refractivity contribution is 7.92. The first-order valence-electron chi connectivity index (χ1n) is 7.43. The highest BCUT2D eigenvalue weighted by atomic mass is 32.2. The lowest BCUT2D eigenvalue weighted by Gasteiger charge is -2.17. The summed E-state index contributed by atoms with van der Waals surface area (Å²) >= 11 is 0. The number of sulfone groups is 1. The minimum atomic E-state index is -3.64. The summed E-state index contributed by atoms with van der Waals surface area (Å²) < 4.78 is 28.5. The highest BCUT2D eigenvalue weighted by Crippen LogP contribution is 2.17. The summed E-state index contributed by atoms with van der Waals surface area (Å²) in [5.74, 6) is -1.63. The first-order chi connectivity index (χ1) is 9.85. The van der Waals surface area contributed by atoms with Gasteiger partial charge in [-0.05, 0) is 19.8 Å². The number of esters is 1. The number of hydrogen-bond acceptors (Lipinski definition) is 5. The van der Waals surface area contributed by atoms with Crippen LogP contribution in [0.25, 0.3) is 0 Å². The van der Waals surface area contributed by atoms with Gasteiger partial charge >= 0.3 is 5.97 Å². The van der Waals surface area contributed by atoms with Crippen molar-refractivity contribution >= 4 is 21.7 Å². The number of hydrogen-bond donors (Lipinski definition) is 1. The van der Waals surface area contributed by atoms with E-state index in [1.165, 1.54) is 26.9 Å². The minimum absolute atomic E-state index is 0.0751. The van der Waals surface area contributed by atoms with E-state index in [9.17, 15) is 18.0 Å². The van der Waals surface area contributed by atoms with E-state index in [4.69, 9.17) is 0 Å². The lowest BCUT2D eigenvalue weighted by molar-refractivity contribution is -0.140. The van der Waals surface area contributed by atoms with Crippen molar-refractivity contribution in [1.82, 2.24) is 5.32 Å². The molecule has 6 nitrogen and oxygen atoms in total. The number of ether oxygens (including phenoxy) is 1. The van der Waals surface area contributed by atoms with Gasteiger partial charge in [0.05, 0.1) is 18.8 Å². The number of carbonyl (C=O) groups is 2. The first kappa shape index (κ1) is 17.9. The second kappa shape index (κ2) is 8.36. The van der Waals surface area contributed by atoms with E-state index in [-0.39, 0.29) is 12.5 Å². The normalized spacial score (nSPS) is 18.6. The predicted molar refractivity (Wildman–Crippen MR) is 79.5 cm³/mol. The Morgan fingerprint density at radius 3 is 2.29 bits per heavy atom. The largest absolute Gasteiger partial charge is 0.469 e. The molecule has 1 rings (SSSR count). The topological polar surface area (TPSA) is 89.5 Å². The molecular formula is C14H25NO5S. The highest BCUT2D eigenvalue weighted by Gasteiger charge is 2.27. The summed E-state index contributed by atoms with van der Waals surface area (Å²) in [4.78, 5) is 23.0. The van der Waals surface area contributed by atoms with E-state index in [0.717, 1.165) is 25.7 Å². The van der Waals surface area contributed by atoms with Crippen LogP contribution >= 0.6 is 0 Å². The van der Waals surface area contributed by atoms with Gasteiger partial charge in [0.2, 0.25) is 5.91 Å². The molecule has 0 bridgehead atoms. The van der Waals surface area contributed by atoms with Crippen molar-refractivity contribution in [2.24, 2.45) is 0 Å². The standard InChI is InChI=1S/C14H25NO5S/c1-11(9-14(17)20-2)21(18,19)10-13(16)15-12-7-5-3-4-6-8-12/h11-12H,3-10H2,1-2H3,(H,15,16). The van der Waals surface area contributed by atoms with Crippen LogP contribution in [-0.2, 0) is 24.2 Å². The van der Waals surface area contributed by atoms with Crippen LogP contribution in [0.3, 0.4) is 0 Å². The van der Waals surface area contributed by atoms with Crippen molar-refractivity contribution in [2.75, 3.05) is 12.9 Å². The molecule has 1 amide bonds. The van der Waals surface area contributed by atoms with Gasteiger partial charge in [0.15, 0.2) is 9.84 Å². The Kier molecular flexibility index (Phi) is 7.14. The van der Waals surface area contributed by atoms with Gasteiger partial charge in [-0.25, -0.2) is 8.42 Å². The zero-order valence-electron chi connectivity index (χ0n) is 12.8. The van der Waals surface area contributed by atoms with Crippen LogP contribution in [-0.4, -0.2) is 44.4 Å². The van der Waals surface area contributed by atoms with Gasteiger partial charge in [-0.1, -0.05) is 25.7 Å². The molecule has 0 radical (unpaired) electrons. The smallest absolute Gasteiger partial charge is 0.306 e. The Balaban J connectivity index is 2.49. The Morgan fingerprint density at radius 1 is 1.19 bits per heavy atom. The summed E-state index contributed by atoms with van der Waals surface area (Å²) in [7, 11) is -2.43. The quantitative estimate of drug-likeness (QED) is 0.587. The molecule has 1 aliphatic carbocycles. The molecule has 0 spiro atoms. The average molecular weight is 319 g/mol. The summed E-state index contributed by atoms with van der Waals surface area (Å²) in [6, 6.07) is 0.0751. The molecule has 1 fully saturated rings. The third-order valence-electron chi connectivity index (χ3n) is 3.85. The molecule has 1 N–H and O–H groups in total. The van der Waals surface area contributed by atoms with Crippen LogP contribution in [0.5, 0.6) is 0 Å². The van der Waals surface area contributed by atoms with Crippen molar-refractivity contribution in [1.29, 1.82) is 0 Å². The maximum absolute atomic E-state index is 12.0. The molecule has 0 aromatic carbocycles. The van der Waals surface area contributed by atoms with Gasteiger partial charge in [-0.15, -0.1) is 0 Å². The molecule has 1 aliphatic rings. The van der Waals surface area contributed by atoms with E-state index in [1.54, 1.807) is 0 Å². The Morgan fingerprint density at radius 2 is 1.76 bits per heavy atom. The lowest BCUT2D eigenvalue weighted by atomic mass is 10.1. The zero-order valence-corrected chi connectivity index (χ0v) is 13.6. The average Bonchev–Trinajstić information content (AvgIpc) is 2.66. The van der Waals surface area contributed by atoms with Gasteiger partial charge in [0.1, 0.15) is 5.75 Å². The maximum atomic E-state index is 12.0. The molecule has 1 saturated carbocycles. The fraction of sp³-hybridized carbons (Fsp3) is 0.857. The van der Waals surface area contributed by atoms with Crippen LogP contribution < -0.4 is 5.32 Å². The molecule has 0 aromatic heterocycles. The van der Waals surface area contributed by atoms with Crippen LogP contribution in [0.2, 0.25) is 0 Å². The van der Waals surface area contributed by atoms with Crippen molar-refractivity contribution in [2.45, 2.75) is 63.2 Å². The summed E-state index contributed by atoms with van der Waals surface area (Å²) in [6.45, 7) is 1.42. The molecule has 21 heavy (non-hydrogen) atoms. The van der Waals surface area contributed by atoms with Crippen LogP contribution in [0.4, 0.5) is 0 Å². The fourth-order valence-corrected chi connectivity index (χ4v) is 3.59. The molecule has 7 heteroatoms. The minimum Gasteiger partial charge on any atom is -0.469 e. The van der Waals surface area contributed by atoms with Gasteiger partial charge < -0.3 is 10.1 Å². The van der Waals surface area contributed by atoms with E-state index < -0.39 is 32.7 Å². The second-order valence-electron chi connectivity index (χ2n) is 5.65. The zero-order chi connectivity index (χ0) is 15.9. The molecule has 1 unspecified atom stereocenters. The van der Waals surface area contributed by atoms with E-state index in [2.05, 4.69) is 10.1 Å². The summed E-state index contributed by atoms with van der Waals surface area (Å²) in [5, 5.41) is 1.89. The molecule has 0 heterocycles. The van der Waals surface area contributed by atoms with Crippen molar-refractivity contribution in [3.8, 4) is 0 Å². The fourth-order valence-electron chi connectivity index (χ4n) is 2.46. The molecule has 0 aliphatic heterocycles. The molecular weight excluding hydrogens is 294 g/mol. The summed E-state index contributed by atoms with van der Waals surface area (Å²) in [6.07, 6.45) is 6.05. The molecule has 122 valence electrons. The van der Waals surface area contributed by atoms with Crippen LogP contribution in [0.1, 0.15) is 51.9 Å². The number of rotatable bonds is 6. The lowest BCUT2D eigenvalue weighted by Crippen LogP contribution is -2.40. The van der Waals surface area contributed by atoms with E-state index in [1.807, 2.05) is 0 Å². The number of methoxy groups -OCH3 is 1. The van der Waals surface area contributed by atoms with Gasteiger partial charge in [0, 0.05) is 6.04 Å². The van der Waals surface area contributed by atoms with Crippen molar-refractivity contribution < 1.29 is 22.7 Å². The molecule has 0 aromatic rings. The molecule has 0 saturated heterocycles. The van der Waals surface area contributed by atoms with Crippen LogP contribution in [0.15, 0.2) is 0 Å². The number of carbonyl (C=O) groups excluding carboxylic acids is 2. The monoisotopic (exact) mass is 319 g/mol. The van der Waals surface area contributed by atoms with Crippen molar-refractivity contribution in [3.05, 3.63) is 0 Å². The summed E-state index contributed by atoms with van der Waals surface area (Å²) in [5.41, 5.74) is 0. The van der Waals surface area contributed by atoms with Gasteiger partial charge in [0.25, 0.3) is 0 Å². The third-order valence-corrected chi connectivity index (χ3v) is 5.90. The Bertz CT molecular complexity index is 452. The number of amides is 1. The molecule has 1 atom stereocenters. The third kappa shape index (κ3) is 6.46. The first-order valence-corrected chi connectivity index (χ1v) is 9.14. The Labute approximate surface area is 126 Å². The van der Waals surface area contributed by atoms with Gasteiger partial charge in [-0.3, -0.25) is 9.59 Å². The SMILES string of the molecule is COC(=O)CC(C)S(=O)(=O)CC(=O)NC1CCCCCC1. The van der Waals surface area contributed by atoms with E-state index >= 15 is 0 Å². The second-order valence-corrected chi connectivity index (χ2v) is 8.07. The number of nitrogens with one attached hydrogen (secondary N) is 1. The maximum Gasteiger partial charge on any atom is 0.306 e. The van der Waals surface area contributed by atoms with E-state index in [0.29, 0.717) is 0 Å². The van der Waals surface area contributed by atoms with Crippen LogP contribution in [0, 0.1) is 0 Å².